The molecule has 0 aliphatic rings. The molecule has 2 aromatic carbocycles. The largest absolute Gasteiger partial charge is 0.325 e. The van der Waals surface area contributed by atoms with Gasteiger partial charge in [0.05, 0.1) is 10.6 Å². The fraction of sp³-hybridized carbons (Fsp3) is 0.318. The second-order valence-electron chi connectivity index (χ2n) is 7.56. The molecule has 1 N–H and O–H groups in total. The summed E-state index contributed by atoms with van der Waals surface area (Å²) in [5.74, 6) is 0.350. The summed E-state index contributed by atoms with van der Waals surface area (Å²) in [5, 5.41) is 11.6. The SMILES string of the molecule is Cc1cccc(C(C)C)c1NC(=O)CSc1nnc(CS(=O)(=O)c2ccccc2)n1C. The number of aryl methyl sites for hydroxylation is 1. The molecule has 0 aliphatic carbocycles. The first-order valence-electron chi connectivity index (χ1n) is 9.87. The van der Waals surface area contributed by atoms with Gasteiger partial charge < -0.3 is 9.88 Å². The number of carbonyl (C=O) groups excluding carboxylic acids is 1. The molecule has 0 fully saturated rings. The number of thioether (sulfide) groups is 1. The lowest BCUT2D eigenvalue weighted by Gasteiger charge is -2.16. The lowest BCUT2D eigenvalue weighted by atomic mass is 9.98. The Bertz CT molecular complexity index is 1170. The number of carbonyl (C=O) groups is 1. The Hall–Kier alpha value is -2.65. The van der Waals surface area contributed by atoms with Crippen LogP contribution < -0.4 is 5.32 Å². The molecule has 0 saturated carbocycles. The van der Waals surface area contributed by atoms with Crippen LogP contribution in [0, 0.1) is 6.92 Å². The predicted molar refractivity (Wildman–Crippen MR) is 123 cm³/mol. The zero-order chi connectivity index (χ0) is 22.6. The average molecular weight is 459 g/mol. The minimum absolute atomic E-state index is 0.142. The molecule has 31 heavy (non-hydrogen) atoms. The number of hydrogen-bond donors (Lipinski definition) is 1. The molecule has 0 radical (unpaired) electrons. The van der Waals surface area contributed by atoms with Crippen LogP contribution in [0.4, 0.5) is 5.69 Å². The van der Waals surface area contributed by atoms with Gasteiger partial charge in [-0.05, 0) is 36.1 Å². The van der Waals surface area contributed by atoms with Gasteiger partial charge in [0, 0.05) is 12.7 Å². The van der Waals surface area contributed by atoms with Gasteiger partial charge >= 0.3 is 0 Å². The molecule has 0 aliphatic heterocycles. The van der Waals surface area contributed by atoms with E-state index < -0.39 is 9.84 Å². The van der Waals surface area contributed by atoms with Gasteiger partial charge in [0.1, 0.15) is 11.6 Å². The van der Waals surface area contributed by atoms with E-state index in [0.29, 0.717) is 11.0 Å². The van der Waals surface area contributed by atoms with Gasteiger partial charge in [-0.1, -0.05) is 62.0 Å². The second-order valence-corrected chi connectivity index (χ2v) is 10.5. The van der Waals surface area contributed by atoms with Crippen LogP contribution in [-0.4, -0.2) is 34.8 Å². The Morgan fingerprint density at radius 3 is 2.48 bits per heavy atom. The lowest BCUT2D eigenvalue weighted by Crippen LogP contribution is -2.17. The number of sulfone groups is 1. The van der Waals surface area contributed by atoms with Crippen LogP contribution in [0.2, 0.25) is 0 Å². The van der Waals surface area contributed by atoms with Gasteiger partial charge in [0.15, 0.2) is 15.0 Å². The number of nitrogens with zero attached hydrogens (tertiary/aromatic N) is 3. The van der Waals surface area contributed by atoms with Crippen molar-refractivity contribution in [3.8, 4) is 0 Å². The Kier molecular flexibility index (Phi) is 7.17. The number of aromatic nitrogens is 3. The summed E-state index contributed by atoms with van der Waals surface area (Å²) >= 11 is 1.22. The van der Waals surface area contributed by atoms with Crippen molar-refractivity contribution in [2.45, 2.75) is 42.5 Å². The van der Waals surface area contributed by atoms with E-state index in [1.807, 2.05) is 25.1 Å². The standard InChI is InChI=1S/C22H26N4O3S2/c1-15(2)18-12-8-9-16(3)21(18)23-20(27)13-30-22-25-24-19(26(22)4)14-31(28,29)17-10-6-5-7-11-17/h5-12,15H,13-14H2,1-4H3,(H,23,27). The first-order valence-corrected chi connectivity index (χ1v) is 12.5. The Morgan fingerprint density at radius 2 is 1.81 bits per heavy atom. The lowest BCUT2D eigenvalue weighted by molar-refractivity contribution is -0.113. The third-order valence-corrected chi connectivity index (χ3v) is 7.52. The third kappa shape index (κ3) is 5.54. The van der Waals surface area contributed by atoms with Crippen LogP contribution in [0.5, 0.6) is 0 Å². The highest BCUT2D eigenvalue weighted by Gasteiger charge is 2.20. The summed E-state index contributed by atoms with van der Waals surface area (Å²) in [6.45, 7) is 6.14. The fourth-order valence-electron chi connectivity index (χ4n) is 3.13. The minimum Gasteiger partial charge on any atom is -0.325 e. The van der Waals surface area contributed by atoms with E-state index in [9.17, 15) is 13.2 Å². The fourth-order valence-corrected chi connectivity index (χ4v) is 5.19. The summed E-state index contributed by atoms with van der Waals surface area (Å²) < 4.78 is 26.8. The van der Waals surface area contributed by atoms with Gasteiger partial charge in [-0.15, -0.1) is 10.2 Å². The van der Waals surface area contributed by atoms with Gasteiger partial charge in [-0.3, -0.25) is 4.79 Å². The maximum absolute atomic E-state index is 12.6. The highest BCUT2D eigenvalue weighted by molar-refractivity contribution is 7.99. The van der Waals surface area contributed by atoms with Crippen molar-refractivity contribution in [3.63, 3.8) is 0 Å². The molecule has 0 atom stereocenters. The third-order valence-electron chi connectivity index (χ3n) is 4.87. The number of rotatable bonds is 8. The van der Waals surface area contributed by atoms with Crippen molar-refractivity contribution in [3.05, 3.63) is 65.5 Å². The van der Waals surface area contributed by atoms with E-state index in [2.05, 4.69) is 29.4 Å². The molecule has 9 heteroatoms. The van der Waals surface area contributed by atoms with Crippen molar-refractivity contribution < 1.29 is 13.2 Å². The minimum atomic E-state index is -3.52. The monoisotopic (exact) mass is 458 g/mol. The van der Waals surface area contributed by atoms with Crippen molar-refractivity contribution in [2.75, 3.05) is 11.1 Å². The topological polar surface area (TPSA) is 94.0 Å². The van der Waals surface area contributed by atoms with Crippen LogP contribution in [0.25, 0.3) is 0 Å². The van der Waals surface area contributed by atoms with E-state index in [1.165, 1.54) is 11.8 Å². The molecule has 3 rings (SSSR count). The summed E-state index contributed by atoms with van der Waals surface area (Å²) in [6, 6.07) is 14.2. The van der Waals surface area contributed by atoms with Crippen LogP contribution in [0.1, 0.15) is 36.7 Å². The highest BCUT2D eigenvalue weighted by Crippen LogP contribution is 2.28. The maximum Gasteiger partial charge on any atom is 0.234 e. The molecule has 1 heterocycles. The smallest absolute Gasteiger partial charge is 0.234 e. The van der Waals surface area contributed by atoms with Crippen molar-refractivity contribution >= 4 is 33.2 Å². The Morgan fingerprint density at radius 1 is 1.10 bits per heavy atom. The van der Waals surface area contributed by atoms with Gasteiger partial charge in [0.2, 0.25) is 5.91 Å². The Balaban J connectivity index is 1.66. The first kappa shape index (κ1) is 23.0. The molecular weight excluding hydrogens is 432 g/mol. The molecule has 0 bridgehead atoms. The number of benzene rings is 2. The van der Waals surface area contributed by atoms with E-state index >= 15 is 0 Å². The van der Waals surface area contributed by atoms with E-state index in [0.717, 1.165) is 16.8 Å². The molecule has 0 saturated heterocycles. The number of nitrogens with one attached hydrogen (secondary N) is 1. The zero-order valence-corrected chi connectivity index (χ0v) is 19.6. The molecule has 0 spiro atoms. The van der Waals surface area contributed by atoms with Crippen molar-refractivity contribution in [1.82, 2.24) is 14.8 Å². The molecule has 164 valence electrons. The van der Waals surface area contributed by atoms with Crippen molar-refractivity contribution in [1.29, 1.82) is 0 Å². The van der Waals surface area contributed by atoms with E-state index in [4.69, 9.17) is 0 Å². The summed E-state index contributed by atoms with van der Waals surface area (Å²) in [7, 11) is -1.82. The van der Waals surface area contributed by atoms with Crippen LogP contribution >= 0.6 is 11.8 Å². The second kappa shape index (κ2) is 9.65. The highest BCUT2D eigenvalue weighted by atomic mass is 32.2. The van der Waals surface area contributed by atoms with Gasteiger partial charge in [-0.25, -0.2) is 8.42 Å². The van der Waals surface area contributed by atoms with Crippen LogP contribution in [0.3, 0.4) is 0 Å². The summed E-state index contributed by atoms with van der Waals surface area (Å²) in [6.07, 6.45) is 0. The molecule has 7 nitrogen and oxygen atoms in total. The quantitative estimate of drug-likeness (QED) is 0.514. The first-order chi connectivity index (χ1) is 14.7. The molecule has 1 amide bonds. The summed E-state index contributed by atoms with van der Waals surface area (Å²) in [4.78, 5) is 12.8. The van der Waals surface area contributed by atoms with E-state index in [1.54, 1.807) is 41.9 Å². The van der Waals surface area contributed by atoms with E-state index in [-0.39, 0.29) is 28.2 Å². The molecule has 0 unspecified atom stereocenters. The number of hydrogen-bond acceptors (Lipinski definition) is 6. The zero-order valence-electron chi connectivity index (χ0n) is 18.0. The number of para-hydroxylation sites is 1. The van der Waals surface area contributed by atoms with Crippen LogP contribution in [-0.2, 0) is 27.4 Å². The van der Waals surface area contributed by atoms with Crippen molar-refractivity contribution in [2.24, 2.45) is 7.05 Å². The Labute approximate surface area is 187 Å². The summed E-state index contributed by atoms with van der Waals surface area (Å²) in [5.41, 5.74) is 2.94. The van der Waals surface area contributed by atoms with Gasteiger partial charge in [0.25, 0.3) is 0 Å². The number of amides is 1. The van der Waals surface area contributed by atoms with Gasteiger partial charge in [-0.2, -0.15) is 0 Å². The van der Waals surface area contributed by atoms with Crippen LogP contribution in [0.15, 0.2) is 58.6 Å². The predicted octanol–water partition coefficient (Wildman–Crippen LogP) is 3.95. The average Bonchev–Trinajstić information content (AvgIpc) is 3.07. The molecular formula is C22H26N4O3S2. The number of anilines is 1. The normalized spacial score (nSPS) is 11.6. The molecule has 1 aromatic heterocycles. The maximum atomic E-state index is 12.6. The molecule has 3 aromatic rings.